The van der Waals surface area contributed by atoms with Gasteiger partial charge in [0.25, 0.3) is 0 Å². The monoisotopic (exact) mass is 601 g/mol. The number of anilines is 1. The summed E-state index contributed by atoms with van der Waals surface area (Å²) in [6.07, 6.45) is 4.07. The number of amides is 4. The fraction of sp³-hybridized carbons (Fsp3) is 0.543. The summed E-state index contributed by atoms with van der Waals surface area (Å²) in [5.74, 6) is -2.26. The molecular weight excluding hydrogens is 554 g/mol. The van der Waals surface area contributed by atoms with Crippen LogP contribution >= 0.6 is 0 Å². The summed E-state index contributed by atoms with van der Waals surface area (Å²) < 4.78 is 0. The molecule has 3 aliphatic rings. The Hall–Kier alpha value is -3.72. The van der Waals surface area contributed by atoms with Crippen LogP contribution in [-0.4, -0.2) is 59.7 Å². The number of nitrogens with zero attached hydrogens (tertiary/aromatic N) is 2. The lowest BCUT2D eigenvalue weighted by molar-refractivity contribution is -0.136. The Kier molecular flexibility index (Phi) is 10.0. The van der Waals surface area contributed by atoms with Gasteiger partial charge in [-0.15, -0.1) is 0 Å². The highest BCUT2D eigenvalue weighted by Crippen LogP contribution is 2.39. The molecule has 2 aromatic carbocycles. The van der Waals surface area contributed by atoms with Crippen molar-refractivity contribution in [2.45, 2.75) is 90.4 Å². The molecule has 0 aromatic heterocycles. The Balaban J connectivity index is 1.31. The predicted octanol–water partition coefficient (Wildman–Crippen LogP) is 3.33. The van der Waals surface area contributed by atoms with Crippen LogP contribution in [0.1, 0.15) is 69.6 Å². The Morgan fingerprint density at radius 1 is 0.977 bits per heavy atom. The van der Waals surface area contributed by atoms with Crippen LogP contribution in [0.5, 0.6) is 0 Å². The molecule has 2 aromatic rings. The van der Waals surface area contributed by atoms with Gasteiger partial charge >= 0.3 is 0 Å². The number of aryl methyl sites for hydroxylation is 1. The molecule has 1 fully saturated rings. The molecule has 0 aliphatic carbocycles. The molecule has 5 atom stereocenters. The van der Waals surface area contributed by atoms with Crippen molar-refractivity contribution in [3.05, 3.63) is 65.2 Å². The fourth-order valence-electron chi connectivity index (χ4n) is 7.30. The van der Waals surface area contributed by atoms with Crippen molar-refractivity contribution in [1.82, 2.24) is 15.5 Å². The molecule has 0 radical (unpaired) electrons. The molecule has 0 bridgehead atoms. The lowest BCUT2D eigenvalue weighted by Gasteiger charge is -2.30. The van der Waals surface area contributed by atoms with E-state index in [2.05, 4.69) is 27.7 Å². The number of hydrogen-bond donors (Lipinski definition) is 3. The third kappa shape index (κ3) is 6.98. The summed E-state index contributed by atoms with van der Waals surface area (Å²) in [5.41, 5.74) is 9.80. The minimum atomic E-state index is -0.797. The molecule has 4 amide bonds. The van der Waals surface area contributed by atoms with Gasteiger partial charge in [-0.25, -0.2) is 0 Å². The number of carbonyl (C=O) groups excluding carboxylic acids is 4. The quantitative estimate of drug-likeness (QED) is 0.344. The number of carbonyl (C=O) groups is 4. The lowest BCUT2D eigenvalue weighted by Crippen LogP contribution is -2.56. The number of benzene rings is 2. The Morgan fingerprint density at radius 2 is 1.73 bits per heavy atom. The van der Waals surface area contributed by atoms with E-state index in [1.165, 1.54) is 5.56 Å². The maximum absolute atomic E-state index is 14.2. The molecule has 0 unspecified atom stereocenters. The average Bonchev–Trinajstić information content (AvgIpc) is 3.57. The van der Waals surface area contributed by atoms with Crippen LogP contribution < -0.4 is 21.3 Å². The van der Waals surface area contributed by atoms with Gasteiger partial charge in [0.2, 0.25) is 23.6 Å². The topological polar surface area (TPSA) is 125 Å². The second-order valence-electron chi connectivity index (χ2n) is 13.2. The molecule has 0 saturated carbocycles. The number of para-hydroxylation sites is 1. The molecule has 3 aliphatic heterocycles. The number of likely N-dealkylation sites (tertiary alicyclic amines) is 1. The van der Waals surface area contributed by atoms with Crippen LogP contribution in [0.15, 0.2) is 48.5 Å². The summed E-state index contributed by atoms with van der Waals surface area (Å²) in [6.45, 7) is 8.48. The van der Waals surface area contributed by atoms with E-state index in [0.717, 1.165) is 49.3 Å². The summed E-state index contributed by atoms with van der Waals surface area (Å²) in [6, 6.07) is 14.8. The normalized spacial score (nSPS) is 22.8. The van der Waals surface area contributed by atoms with Crippen molar-refractivity contribution in [1.29, 1.82) is 0 Å². The minimum absolute atomic E-state index is 0.00747. The molecule has 9 nitrogen and oxygen atoms in total. The van der Waals surface area contributed by atoms with Gasteiger partial charge in [0, 0.05) is 43.9 Å². The average molecular weight is 602 g/mol. The van der Waals surface area contributed by atoms with Gasteiger partial charge in [-0.3, -0.25) is 29.0 Å². The zero-order valence-corrected chi connectivity index (χ0v) is 26.3. The Labute approximate surface area is 260 Å². The first-order valence-electron chi connectivity index (χ1n) is 16.3. The van der Waals surface area contributed by atoms with Crippen molar-refractivity contribution in [2.24, 2.45) is 23.5 Å². The summed E-state index contributed by atoms with van der Waals surface area (Å²) in [7, 11) is 0. The maximum Gasteiger partial charge on any atom is 0.250 e. The second-order valence-corrected chi connectivity index (χ2v) is 13.2. The first-order valence-corrected chi connectivity index (χ1v) is 16.3. The number of nitrogens with one attached hydrogen (secondary N) is 2. The van der Waals surface area contributed by atoms with Gasteiger partial charge in [-0.1, -0.05) is 75.7 Å². The molecule has 5 rings (SSSR count). The zero-order valence-electron chi connectivity index (χ0n) is 26.3. The number of primary amides is 1. The zero-order chi connectivity index (χ0) is 31.4. The van der Waals surface area contributed by atoms with E-state index >= 15 is 0 Å². The summed E-state index contributed by atoms with van der Waals surface area (Å²) >= 11 is 0. The maximum atomic E-state index is 14.2. The predicted molar refractivity (Wildman–Crippen MR) is 170 cm³/mol. The minimum Gasteiger partial charge on any atom is -0.369 e. The van der Waals surface area contributed by atoms with E-state index < -0.39 is 29.8 Å². The van der Waals surface area contributed by atoms with E-state index in [9.17, 15) is 19.2 Å². The standard InChI is InChI=1S/C35H47N5O4/c1-4-9-27(32(36)41)28(18-22(2)3)33(42)38-29-15-14-24-12-8-13-25-19-30(40(31(24)25)35(29)44)34(43)37-26-16-17-39(21-26)20-23-10-6-5-7-11-23/h5-8,10-13,22,26-30H,4,9,14-21H2,1-3H3,(H2,36,41)(H,37,43)(H,38,42)/t26-,27+,28-,29+,30+/m1/s1. The highest BCUT2D eigenvalue weighted by molar-refractivity contribution is 6.08. The van der Waals surface area contributed by atoms with Crippen molar-refractivity contribution in [3.8, 4) is 0 Å². The highest BCUT2D eigenvalue weighted by Gasteiger charge is 2.45. The van der Waals surface area contributed by atoms with E-state index in [1.54, 1.807) is 4.90 Å². The Bertz CT molecular complexity index is 1360. The van der Waals surface area contributed by atoms with Crippen molar-refractivity contribution in [2.75, 3.05) is 18.0 Å². The van der Waals surface area contributed by atoms with E-state index in [0.29, 0.717) is 32.1 Å². The molecular formula is C35H47N5O4. The fourth-order valence-corrected chi connectivity index (χ4v) is 7.30. The third-order valence-corrected chi connectivity index (χ3v) is 9.41. The summed E-state index contributed by atoms with van der Waals surface area (Å²) in [4.78, 5) is 58.2. The van der Waals surface area contributed by atoms with Crippen LogP contribution in [0.4, 0.5) is 5.69 Å². The molecule has 4 N–H and O–H groups in total. The number of hydrogen-bond acceptors (Lipinski definition) is 5. The van der Waals surface area contributed by atoms with Crippen LogP contribution in [0.25, 0.3) is 0 Å². The van der Waals surface area contributed by atoms with Crippen LogP contribution in [0.3, 0.4) is 0 Å². The third-order valence-electron chi connectivity index (χ3n) is 9.41. The first-order chi connectivity index (χ1) is 21.2. The first kappa shape index (κ1) is 31.7. The summed E-state index contributed by atoms with van der Waals surface area (Å²) in [5, 5.41) is 6.26. The van der Waals surface area contributed by atoms with Crippen LogP contribution in [0, 0.1) is 17.8 Å². The van der Waals surface area contributed by atoms with Gasteiger partial charge in [0.05, 0.1) is 5.69 Å². The van der Waals surface area contributed by atoms with Gasteiger partial charge in [-0.2, -0.15) is 0 Å². The molecule has 9 heteroatoms. The number of nitrogens with two attached hydrogens (primary N) is 1. The van der Waals surface area contributed by atoms with Gasteiger partial charge in [0.1, 0.15) is 12.1 Å². The molecule has 44 heavy (non-hydrogen) atoms. The molecule has 1 saturated heterocycles. The van der Waals surface area contributed by atoms with Crippen molar-refractivity contribution < 1.29 is 19.2 Å². The largest absolute Gasteiger partial charge is 0.369 e. The smallest absolute Gasteiger partial charge is 0.250 e. The van der Waals surface area contributed by atoms with Gasteiger partial charge < -0.3 is 16.4 Å². The van der Waals surface area contributed by atoms with Crippen LogP contribution in [0.2, 0.25) is 0 Å². The van der Waals surface area contributed by atoms with Crippen LogP contribution in [-0.2, 0) is 38.6 Å². The van der Waals surface area contributed by atoms with E-state index in [1.807, 2.05) is 57.2 Å². The highest BCUT2D eigenvalue weighted by atomic mass is 16.2. The van der Waals surface area contributed by atoms with E-state index in [-0.39, 0.29) is 29.7 Å². The number of rotatable bonds is 12. The van der Waals surface area contributed by atoms with E-state index in [4.69, 9.17) is 5.73 Å². The molecule has 236 valence electrons. The van der Waals surface area contributed by atoms with Gasteiger partial charge in [0.15, 0.2) is 0 Å². The van der Waals surface area contributed by atoms with Crippen molar-refractivity contribution >= 4 is 29.3 Å². The molecule has 0 spiro atoms. The Morgan fingerprint density at radius 3 is 2.43 bits per heavy atom. The SMILES string of the molecule is CCC[C@H](C(N)=O)[C@@H](CC(C)C)C(=O)N[C@H]1CCc2cccc3c2N(C1=O)[C@H](C(=O)N[C@@H]1CCN(Cc2ccccc2)C1)C3. The lowest BCUT2D eigenvalue weighted by atomic mass is 9.81. The van der Waals surface area contributed by atoms with Gasteiger partial charge in [-0.05, 0) is 54.7 Å². The second kappa shape index (κ2) is 13.9. The van der Waals surface area contributed by atoms with Crippen molar-refractivity contribution in [3.63, 3.8) is 0 Å². The molecule has 3 heterocycles.